The van der Waals surface area contributed by atoms with Gasteiger partial charge in [-0.15, -0.1) is 10.2 Å². The highest BCUT2D eigenvalue weighted by atomic mass is 19.1. The summed E-state index contributed by atoms with van der Waals surface area (Å²) >= 11 is 0. The fourth-order valence-corrected chi connectivity index (χ4v) is 3.97. The minimum Gasteiger partial charge on any atom is -0.461 e. The Morgan fingerprint density at radius 3 is 2.85 bits per heavy atom. The van der Waals surface area contributed by atoms with Gasteiger partial charge in [0.25, 0.3) is 5.89 Å². The molecule has 1 aromatic carbocycles. The molecule has 0 aliphatic carbocycles. The lowest BCUT2D eigenvalue weighted by Crippen LogP contribution is -2.35. The topological polar surface area (TPSA) is 120 Å². The Balaban J connectivity index is 1.24. The van der Waals surface area contributed by atoms with Gasteiger partial charge in [0.1, 0.15) is 24.2 Å². The van der Waals surface area contributed by atoms with Gasteiger partial charge in [-0.3, -0.25) is 14.7 Å². The first-order valence-corrected chi connectivity index (χ1v) is 10.9. The third kappa shape index (κ3) is 4.46. The second-order valence-electron chi connectivity index (χ2n) is 8.12. The number of rotatable bonds is 6. The van der Waals surface area contributed by atoms with Gasteiger partial charge in [0.2, 0.25) is 5.89 Å². The average Bonchev–Trinajstić information content (AvgIpc) is 3.59. The van der Waals surface area contributed by atoms with Crippen LogP contribution in [0.2, 0.25) is 0 Å². The molecule has 5 rings (SSSR count). The number of aromatic nitrogens is 3. The number of halogens is 1. The normalized spacial score (nSPS) is 19.9. The van der Waals surface area contributed by atoms with Crippen molar-refractivity contribution in [2.24, 2.45) is 0 Å². The van der Waals surface area contributed by atoms with Gasteiger partial charge in [-0.1, -0.05) is 6.07 Å². The standard InChI is InChI=1S/C23H22FN5O5/c1-13-27-28-21(33-13)19-7-4-14(10-26-19)17-6-5-15(9-18(17)24)29-11-16(34-23(29)31)12-32-22(30)20-3-2-8-25-20/h4-7,9-10,16,20,25H,2-3,8,11-12H2,1H3/t16-,20?/m1/s1. The number of carbonyl (C=O) groups is 2. The Labute approximate surface area is 194 Å². The number of aryl methyl sites for hydroxylation is 1. The highest BCUT2D eigenvalue weighted by molar-refractivity contribution is 5.90. The molecule has 1 N–H and O–H groups in total. The summed E-state index contributed by atoms with van der Waals surface area (Å²) in [4.78, 5) is 30.0. The maximum absolute atomic E-state index is 14.9. The van der Waals surface area contributed by atoms with Gasteiger partial charge < -0.3 is 19.2 Å². The summed E-state index contributed by atoms with van der Waals surface area (Å²) in [5, 5.41) is 10.7. The molecule has 3 aromatic rings. The number of hydrogen-bond acceptors (Lipinski definition) is 9. The maximum atomic E-state index is 14.9. The number of hydrogen-bond donors (Lipinski definition) is 1. The first-order chi connectivity index (χ1) is 16.5. The number of anilines is 1. The Kier molecular flexibility index (Phi) is 5.93. The van der Waals surface area contributed by atoms with Crippen LogP contribution >= 0.6 is 0 Å². The van der Waals surface area contributed by atoms with Gasteiger partial charge in [0, 0.05) is 24.2 Å². The third-order valence-electron chi connectivity index (χ3n) is 5.71. The van der Waals surface area contributed by atoms with Gasteiger partial charge >= 0.3 is 12.1 Å². The van der Waals surface area contributed by atoms with Crippen molar-refractivity contribution in [3.05, 3.63) is 48.2 Å². The average molecular weight is 467 g/mol. The number of carbonyl (C=O) groups excluding carboxylic acids is 2. The number of amides is 1. The largest absolute Gasteiger partial charge is 0.461 e. The summed E-state index contributed by atoms with van der Waals surface area (Å²) in [6, 6.07) is 7.53. The zero-order valence-corrected chi connectivity index (χ0v) is 18.4. The van der Waals surface area contributed by atoms with Gasteiger partial charge in [0.15, 0.2) is 6.10 Å². The minimum absolute atomic E-state index is 0.0442. The van der Waals surface area contributed by atoms with Crippen LogP contribution in [-0.2, 0) is 14.3 Å². The molecule has 0 bridgehead atoms. The Bertz CT molecular complexity index is 1210. The summed E-state index contributed by atoms with van der Waals surface area (Å²) in [6.45, 7) is 2.58. The maximum Gasteiger partial charge on any atom is 0.414 e. The Morgan fingerprint density at radius 1 is 1.29 bits per heavy atom. The van der Waals surface area contributed by atoms with Crippen molar-refractivity contribution < 1.29 is 27.9 Å². The predicted octanol–water partition coefficient (Wildman–Crippen LogP) is 2.87. The summed E-state index contributed by atoms with van der Waals surface area (Å²) < 4.78 is 30.9. The van der Waals surface area contributed by atoms with Crippen LogP contribution < -0.4 is 10.2 Å². The van der Waals surface area contributed by atoms with Crippen LogP contribution in [0.4, 0.5) is 14.9 Å². The molecule has 2 aliphatic heterocycles. The molecule has 0 radical (unpaired) electrons. The molecule has 2 aromatic heterocycles. The Morgan fingerprint density at radius 2 is 2.18 bits per heavy atom. The van der Waals surface area contributed by atoms with E-state index in [0.29, 0.717) is 28.4 Å². The van der Waals surface area contributed by atoms with E-state index < -0.39 is 18.0 Å². The zero-order valence-electron chi connectivity index (χ0n) is 18.4. The predicted molar refractivity (Wildman–Crippen MR) is 117 cm³/mol. The van der Waals surface area contributed by atoms with E-state index in [1.807, 2.05) is 0 Å². The van der Waals surface area contributed by atoms with Crippen molar-refractivity contribution in [3.63, 3.8) is 0 Å². The summed E-state index contributed by atoms with van der Waals surface area (Å²) in [7, 11) is 0. The molecule has 0 spiro atoms. The molecule has 1 amide bonds. The third-order valence-corrected chi connectivity index (χ3v) is 5.71. The summed E-state index contributed by atoms with van der Waals surface area (Å²) in [5.74, 6) is -0.159. The summed E-state index contributed by atoms with van der Waals surface area (Å²) in [6.07, 6.45) is 1.93. The molecular formula is C23H22FN5O5. The van der Waals surface area contributed by atoms with E-state index in [1.54, 1.807) is 31.2 Å². The molecule has 1 unspecified atom stereocenters. The van der Waals surface area contributed by atoms with Crippen LogP contribution in [0.5, 0.6) is 0 Å². The van der Waals surface area contributed by atoms with Crippen LogP contribution in [0.1, 0.15) is 18.7 Å². The molecule has 34 heavy (non-hydrogen) atoms. The molecule has 10 nitrogen and oxygen atoms in total. The van der Waals surface area contributed by atoms with Crippen molar-refractivity contribution in [3.8, 4) is 22.7 Å². The Hall–Kier alpha value is -3.86. The minimum atomic E-state index is -0.620. The van der Waals surface area contributed by atoms with E-state index in [1.165, 1.54) is 17.2 Å². The highest BCUT2D eigenvalue weighted by Gasteiger charge is 2.34. The van der Waals surface area contributed by atoms with Crippen molar-refractivity contribution >= 4 is 17.7 Å². The van der Waals surface area contributed by atoms with E-state index in [0.717, 1.165) is 19.4 Å². The van der Waals surface area contributed by atoms with Crippen LogP contribution in [0.15, 0.2) is 40.9 Å². The lowest BCUT2D eigenvalue weighted by Gasteiger charge is -2.15. The van der Waals surface area contributed by atoms with E-state index in [9.17, 15) is 14.0 Å². The van der Waals surface area contributed by atoms with Crippen molar-refractivity contribution in [1.82, 2.24) is 20.5 Å². The van der Waals surface area contributed by atoms with Crippen LogP contribution in [0.25, 0.3) is 22.7 Å². The van der Waals surface area contributed by atoms with Gasteiger partial charge in [-0.2, -0.15) is 0 Å². The zero-order chi connectivity index (χ0) is 23.7. The van der Waals surface area contributed by atoms with E-state index in [4.69, 9.17) is 13.9 Å². The van der Waals surface area contributed by atoms with Gasteiger partial charge in [-0.25, -0.2) is 9.18 Å². The van der Waals surface area contributed by atoms with Crippen LogP contribution in [-0.4, -0.2) is 59.1 Å². The number of nitrogens with one attached hydrogen (secondary N) is 1. The fraction of sp³-hybridized carbons (Fsp3) is 0.348. The van der Waals surface area contributed by atoms with Crippen molar-refractivity contribution in [1.29, 1.82) is 0 Å². The summed E-state index contributed by atoms with van der Waals surface area (Å²) in [5.41, 5.74) is 1.71. The molecule has 0 saturated carbocycles. The number of pyridine rings is 1. The van der Waals surface area contributed by atoms with E-state index in [-0.39, 0.29) is 31.1 Å². The lowest BCUT2D eigenvalue weighted by molar-refractivity contribution is -0.148. The second-order valence-corrected chi connectivity index (χ2v) is 8.12. The molecule has 2 fully saturated rings. The van der Waals surface area contributed by atoms with Crippen LogP contribution in [0.3, 0.4) is 0 Å². The molecule has 2 saturated heterocycles. The number of cyclic esters (lactones) is 1. The first-order valence-electron chi connectivity index (χ1n) is 10.9. The smallest absolute Gasteiger partial charge is 0.414 e. The number of esters is 1. The van der Waals surface area contributed by atoms with E-state index in [2.05, 4.69) is 20.5 Å². The number of nitrogens with zero attached hydrogens (tertiary/aromatic N) is 4. The van der Waals surface area contributed by atoms with E-state index >= 15 is 0 Å². The molecule has 2 atom stereocenters. The molecular weight excluding hydrogens is 445 g/mol. The highest BCUT2D eigenvalue weighted by Crippen LogP contribution is 2.30. The molecule has 11 heteroatoms. The number of benzene rings is 1. The quantitative estimate of drug-likeness (QED) is 0.546. The van der Waals surface area contributed by atoms with Crippen LogP contribution in [0, 0.1) is 12.7 Å². The van der Waals surface area contributed by atoms with Gasteiger partial charge in [0.05, 0.1) is 12.2 Å². The molecule has 2 aliphatic rings. The lowest BCUT2D eigenvalue weighted by atomic mass is 10.1. The monoisotopic (exact) mass is 467 g/mol. The van der Waals surface area contributed by atoms with Crippen molar-refractivity contribution in [2.45, 2.75) is 31.9 Å². The second kappa shape index (κ2) is 9.18. The molecule has 4 heterocycles. The van der Waals surface area contributed by atoms with Gasteiger partial charge in [-0.05, 0) is 43.7 Å². The first kappa shape index (κ1) is 22.0. The fourth-order valence-electron chi connectivity index (χ4n) is 3.97. The van der Waals surface area contributed by atoms with Crippen molar-refractivity contribution in [2.75, 3.05) is 24.6 Å². The SMILES string of the molecule is Cc1nnc(-c2ccc(-c3ccc(N4C[C@H](COC(=O)C5CCCN5)OC4=O)cc3F)cn2)o1. The molecule has 176 valence electrons. The number of ether oxygens (including phenoxy) is 2.